The van der Waals surface area contributed by atoms with Crippen LogP contribution < -0.4 is 16.2 Å². The first-order valence-corrected chi connectivity index (χ1v) is 9.95. The predicted octanol–water partition coefficient (Wildman–Crippen LogP) is 3.14. The Morgan fingerprint density at radius 2 is 1.90 bits per heavy atom. The number of carbonyl (C=O) groups is 2. The molecule has 7 nitrogen and oxygen atoms in total. The number of benzene rings is 2. The SMILES string of the molecule is C=CCNC(=O)NC(=O)CSc1nc2ccccc2c(=O)n1-c1ccc(Cl)cc1. The average molecular weight is 429 g/mol. The smallest absolute Gasteiger partial charge is 0.321 e. The van der Waals surface area contributed by atoms with Crippen LogP contribution >= 0.6 is 23.4 Å². The Morgan fingerprint density at radius 3 is 2.62 bits per heavy atom. The molecule has 0 spiro atoms. The van der Waals surface area contributed by atoms with Gasteiger partial charge in [0.05, 0.1) is 22.3 Å². The van der Waals surface area contributed by atoms with Crippen LogP contribution in [0.25, 0.3) is 16.6 Å². The summed E-state index contributed by atoms with van der Waals surface area (Å²) >= 11 is 7.01. The van der Waals surface area contributed by atoms with E-state index in [9.17, 15) is 14.4 Å². The number of imide groups is 1. The fourth-order valence-electron chi connectivity index (χ4n) is 2.53. The van der Waals surface area contributed by atoms with Gasteiger partial charge in [-0.05, 0) is 36.4 Å². The van der Waals surface area contributed by atoms with Crippen LogP contribution in [0.2, 0.25) is 5.02 Å². The molecule has 3 amide bonds. The number of urea groups is 1. The summed E-state index contributed by atoms with van der Waals surface area (Å²) < 4.78 is 1.42. The zero-order valence-corrected chi connectivity index (χ0v) is 16.8. The van der Waals surface area contributed by atoms with Gasteiger partial charge in [-0.2, -0.15) is 0 Å². The number of fused-ring (bicyclic) bond motifs is 1. The molecule has 0 aliphatic carbocycles. The predicted molar refractivity (Wildman–Crippen MR) is 115 cm³/mol. The number of halogens is 1. The van der Waals surface area contributed by atoms with Crippen molar-refractivity contribution in [2.75, 3.05) is 12.3 Å². The largest absolute Gasteiger partial charge is 0.334 e. The van der Waals surface area contributed by atoms with Crippen LogP contribution in [0.5, 0.6) is 0 Å². The second kappa shape index (κ2) is 9.40. The minimum absolute atomic E-state index is 0.0973. The van der Waals surface area contributed by atoms with Gasteiger partial charge in [0, 0.05) is 11.6 Å². The van der Waals surface area contributed by atoms with Crippen LogP contribution in [0.3, 0.4) is 0 Å². The van der Waals surface area contributed by atoms with Gasteiger partial charge in [-0.15, -0.1) is 6.58 Å². The molecular formula is C20H17ClN4O3S. The third-order valence-corrected chi connectivity index (χ3v) is 5.01. The summed E-state index contributed by atoms with van der Waals surface area (Å²) in [4.78, 5) is 41.3. The van der Waals surface area contributed by atoms with E-state index in [2.05, 4.69) is 22.2 Å². The number of carbonyl (C=O) groups excluding carboxylic acids is 2. The number of nitrogens with zero attached hydrogens (tertiary/aromatic N) is 2. The summed E-state index contributed by atoms with van der Waals surface area (Å²) in [5.41, 5.74) is 0.836. The normalized spacial score (nSPS) is 10.5. The molecule has 0 aliphatic rings. The molecule has 0 aliphatic heterocycles. The highest BCUT2D eigenvalue weighted by Gasteiger charge is 2.15. The average Bonchev–Trinajstić information content (AvgIpc) is 2.72. The number of rotatable bonds is 6. The Kier molecular flexibility index (Phi) is 6.69. The van der Waals surface area contributed by atoms with Gasteiger partial charge in [-0.25, -0.2) is 9.78 Å². The van der Waals surface area contributed by atoms with Crippen molar-refractivity contribution in [1.29, 1.82) is 0 Å². The minimum Gasteiger partial charge on any atom is -0.334 e. The first-order chi connectivity index (χ1) is 14.0. The molecule has 148 valence electrons. The van der Waals surface area contributed by atoms with Crippen molar-refractivity contribution in [2.24, 2.45) is 0 Å². The second-order valence-corrected chi connectivity index (χ2v) is 7.24. The first kappa shape index (κ1) is 20.6. The third kappa shape index (κ3) is 5.04. The van der Waals surface area contributed by atoms with E-state index in [1.807, 2.05) is 0 Å². The number of nitrogens with one attached hydrogen (secondary N) is 2. The van der Waals surface area contributed by atoms with Crippen LogP contribution in [-0.2, 0) is 4.79 Å². The number of aromatic nitrogens is 2. The fourth-order valence-corrected chi connectivity index (χ4v) is 3.47. The zero-order chi connectivity index (χ0) is 20.8. The van der Waals surface area contributed by atoms with Crippen LogP contribution in [0.15, 0.2) is 71.1 Å². The van der Waals surface area contributed by atoms with E-state index in [-0.39, 0.29) is 17.9 Å². The van der Waals surface area contributed by atoms with E-state index in [0.717, 1.165) is 11.8 Å². The Balaban J connectivity index is 1.92. The molecule has 3 aromatic rings. The molecule has 0 atom stereocenters. The lowest BCUT2D eigenvalue weighted by Crippen LogP contribution is -2.40. The lowest BCUT2D eigenvalue weighted by atomic mass is 10.2. The van der Waals surface area contributed by atoms with Gasteiger partial charge in [0.15, 0.2) is 5.16 Å². The van der Waals surface area contributed by atoms with Crippen LogP contribution in [-0.4, -0.2) is 33.8 Å². The van der Waals surface area contributed by atoms with E-state index in [1.54, 1.807) is 48.5 Å². The molecule has 2 N–H and O–H groups in total. The Hall–Kier alpha value is -3.10. The van der Waals surface area contributed by atoms with Gasteiger partial charge in [0.2, 0.25) is 5.91 Å². The number of hydrogen-bond acceptors (Lipinski definition) is 5. The molecule has 2 aromatic carbocycles. The maximum absolute atomic E-state index is 13.1. The van der Waals surface area contributed by atoms with Gasteiger partial charge in [0.1, 0.15) is 0 Å². The molecule has 9 heteroatoms. The van der Waals surface area contributed by atoms with E-state index in [1.165, 1.54) is 10.6 Å². The lowest BCUT2D eigenvalue weighted by Gasteiger charge is -2.13. The summed E-state index contributed by atoms with van der Waals surface area (Å²) in [6, 6.07) is 13.1. The molecule has 0 unspecified atom stereocenters. The third-order valence-electron chi connectivity index (χ3n) is 3.82. The Morgan fingerprint density at radius 1 is 1.17 bits per heavy atom. The minimum atomic E-state index is -0.614. The van der Waals surface area contributed by atoms with Crippen molar-refractivity contribution in [1.82, 2.24) is 20.2 Å². The summed E-state index contributed by atoms with van der Waals surface area (Å²) in [5.74, 6) is -0.610. The molecule has 29 heavy (non-hydrogen) atoms. The van der Waals surface area contributed by atoms with E-state index < -0.39 is 11.9 Å². The zero-order valence-electron chi connectivity index (χ0n) is 15.2. The molecule has 1 heterocycles. The summed E-state index contributed by atoms with van der Waals surface area (Å²) in [7, 11) is 0. The van der Waals surface area contributed by atoms with Gasteiger partial charge in [-0.1, -0.05) is 41.6 Å². The standard InChI is InChI=1S/C20H17ClN4O3S/c1-2-11-22-19(28)24-17(26)12-29-20-23-16-6-4-3-5-15(16)18(27)25(20)14-9-7-13(21)8-10-14/h2-10H,1,11-12H2,(H2,22,24,26,28). The van der Waals surface area contributed by atoms with Crippen molar-refractivity contribution in [3.8, 4) is 5.69 Å². The van der Waals surface area contributed by atoms with Crippen molar-refractivity contribution < 1.29 is 9.59 Å². The molecule has 0 saturated heterocycles. The Labute approximate surface area is 175 Å². The molecule has 3 rings (SSSR count). The van der Waals surface area contributed by atoms with Crippen LogP contribution in [0.1, 0.15) is 0 Å². The van der Waals surface area contributed by atoms with Gasteiger partial charge in [-0.3, -0.25) is 19.5 Å². The summed E-state index contributed by atoms with van der Waals surface area (Å²) in [6.45, 7) is 3.73. The lowest BCUT2D eigenvalue weighted by molar-refractivity contribution is -0.117. The molecule has 0 saturated carbocycles. The van der Waals surface area contributed by atoms with E-state index in [4.69, 9.17) is 11.6 Å². The Bertz CT molecular complexity index is 1130. The fraction of sp³-hybridized carbons (Fsp3) is 0.100. The van der Waals surface area contributed by atoms with Gasteiger partial charge >= 0.3 is 6.03 Å². The van der Waals surface area contributed by atoms with Crippen molar-refractivity contribution in [3.05, 3.63) is 76.6 Å². The van der Waals surface area contributed by atoms with E-state index in [0.29, 0.717) is 26.8 Å². The molecule has 0 radical (unpaired) electrons. The molecular weight excluding hydrogens is 412 g/mol. The molecule has 0 bridgehead atoms. The van der Waals surface area contributed by atoms with Crippen molar-refractivity contribution >= 4 is 46.2 Å². The highest BCUT2D eigenvalue weighted by atomic mass is 35.5. The highest BCUT2D eigenvalue weighted by molar-refractivity contribution is 7.99. The van der Waals surface area contributed by atoms with E-state index >= 15 is 0 Å². The highest BCUT2D eigenvalue weighted by Crippen LogP contribution is 2.22. The topological polar surface area (TPSA) is 93.1 Å². The quantitative estimate of drug-likeness (QED) is 0.357. The van der Waals surface area contributed by atoms with Crippen molar-refractivity contribution in [3.63, 3.8) is 0 Å². The number of amides is 3. The molecule has 0 fully saturated rings. The van der Waals surface area contributed by atoms with Gasteiger partial charge in [0.25, 0.3) is 5.56 Å². The van der Waals surface area contributed by atoms with Crippen LogP contribution in [0.4, 0.5) is 4.79 Å². The second-order valence-electron chi connectivity index (χ2n) is 5.86. The first-order valence-electron chi connectivity index (χ1n) is 8.58. The number of para-hydroxylation sites is 1. The summed E-state index contributed by atoms with van der Waals surface area (Å²) in [5, 5.41) is 6.00. The van der Waals surface area contributed by atoms with Gasteiger partial charge < -0.3 is 5.32 Å². The maximum atomic E-state index is 13.1. The maximum Gasteiger partial charge on any atom is 0.321 e. The monoisotopic (exact) mass is 428 g/mol. The van der Waals surface area contributed by atoms with Crippen LogP contribution in [0, 0.1) is 0 Å². The number of thioether (sulfide) groups is 1. The molecule has 1 aromatic heterocycles. The summed E-state index contributed by atoms with van der Waals surface area (Å²) in [6.07, 6.45) is 1.50. The number of hydrogen-bond donors (Lipinski definition) is 2. The van der Waals surface area contributed by atoms with Crippen molar-refractivity contribution in [2.45, 2.75) is 5.16 Å².